The summed E-state index contributed by atoms with van der Waals surface area (Å²) in [5.41, 5.74) is 1.70. The van der Waals surface area contributed by atoms with Crippen molar-refractivity contribution in [2.75, 3.05) is 71.7 Å². The molecular weight excluding hydrogens is 1160 g/mol. The van der Waals surface area contributed by atoms with Crippen LogP contribution < -0.4 is 15.0 Å². The summed E-state index contributed by atoms with van der Waals surface area (Å²) in [5.74, 6) is -1.07. The van der Waals surface area contributed by atoms with Crippen molar-refractivity contribution in [2.24, 2.45) is 5.92 Å². The average molecular weight is 1250 g/mol. The molecule has 0 aliphatic carbocycles. The number of aromatic nitrogens is 3. The molecule has 4 aliphatic rings. The summed E-state index contributed by atoms with van der Waals surface area (Å²) >= 11 is 6.86. The van der Waals surface area contributed by atoms with E-state index in [0.717, 1.165) is 62.4 Å². The summed E-state index contributed by atoms with van der Waals surface area (Å²) in [4.78, 5) is 63.1. The van der Waals surface area contributed by atoms with Crippen LogP contribution in [-0.4, -0.2) is 187 Å². The Hall–Kier alpha value is -6.05. The highest BCUT2D eigenvalue weighted by molar-refractivity contribution is 8.77. The molecule has 0 saturated carbocycles. The van der Waals surface area contributed by atoms with E-state index in [9.17, 15) is 39.6 Å². The standard InChI is InChI=1S/C62H83ClN8O13S2/c1-36(2)43-31-44(47(73)32-46(43)72)56-65-66-58(77)71(56)42-18-16-40(17-19-42)35-70-25-23-69(24-26-70)22-21-60(6,7)86-85-27-20-52(74)67(9)39(5)57(76)83-51-33-53(75)68(10)45-29-41(30-48(80-11)54(45)63)28-37(3)14-13-15-50(81-12)62(79)34-49(82-59(78)64-62)38(4)55-61(51,8)84-55/h13-19,29-32,36,38-39,49-51,55,72-73,79H,20-28,33-35H2,1-12H3,(H,64,78)(H,66,77)/b15-13+,37-14+/t38-,39+,49+,50-,51+,55+,61+,62+/m1/s1. The highest BCUT2D eigenvalue weighted by atomic mass is 35.5. The zero-order valence-corrected chi connectivity index (χ0v) is 53.6. The Balaban J connectivity index is 0.828. The summed E-state index contributed by atoms with van der Waals surface area (Å²) in [6.07, 6.45) is 1.84. The zero-order valence-electron chi connectivity index (χ0n) is 51.2. The minimum absolute atomic E-state index is 0.0113. The summed E-state index contributed by atoms with van der Waals surface area (Å²) in [6.45, 7) is 20.7. The highest BCUT2D eigenvalue weighted by Crippen LogP contribution is 2.50. The van der Waals surface area contributed by atoms with Gasteiger partial charge >= 0.3 is 18.1 Å². The van der Waals surface area contributed by atoms with E-state index >= 15 is 0 Å². The van der Waals surface area contributed by atoms with E-state index in [-0.39, 0.29) is 64.2 Å². The summed E-state index contributed by atoms with van der Waals surface area (Å²) in [5, 5.41) is 54.5. The van der Waals surface area contributed by atoms with Crippen molar-refractivity contribution in [3.8, 4) is 40.3 Å². The fourth-order valence-corrected chi connectivity index (χ4v) is 14.2. The number of methoxy groups -OCH3 is 2. The molecule has 468 valence electrons. The first-order valence-electron chi connectivity index (χ1n) is 29.1. The summed E-state index contributed by atoms with van der Waals surface area (Å²) in [7, 11) is 9.42. The number of anilines is 1. The number of phenols is 2. The van der Waals surface area contributed by atoms with Gasteiger partial charge in [-0.3, -0.25) is 19.8 Å². The van der Waals surface area contributed by atoms with Crippen LogP contribution in [0.5, 0.6) is 23.3 Å². The monoisotopic (exact) mass is 1250 g/mol. The number of allylic oxidation sites excluding steroid dienone is 3. The number of rotatable bonds is 18. The predicted octanol–water partition coefficient (Wildman–Crippen LogP) is 8.76. The van der Waals surface area contributed by atoms with Gasteiger partial charge in [-0.25, -0.2) is 14.2 Å². The van der Waals surface area contributed by atoms with Crippen molar-refractivity contribution in [1.82, 2.24) is 34.8 Å². The lowest BCUT2D eigenvalue weighted by molar-refractivity contribution is -0.162. The first-order chi connectivity index (χ1) is 40.6. The van der Waals surface area contributed by atoms with Gasteiger partial charge in [-0.05, 0) is 107 Å². The molecule has 0 spiro atoms. The van der Waals surface area contributed by atoms with Crippen LogP contribution in [-0.2, 0) is 46.3 Å². The molecule has 0 radical (unpaired) electrons. The van der Waals surface area contributed by atoms with Crippen molar-refractivity contribution in [3.05, 3.63) is 94.0 Å². The number of fused-ring (bicyclic) bond motifs is 5. The van der Waals surface area contributed by atoms with Gasteiger partial charge < -0.3 is 58.8 Å². The van der Waals surface area contributed by atoms with Crippen LogP contribution in [0.25, 0.3) is 17.1 Å². The number of nitrogens with one attached hydrogen (secondary N) is 1. The quantitative estimate of drug-likeness (QED) is 0.0270. The number of alkyl carbamates (subject to hydrolysis) is 1. The van der Waals surface area contributed by atoms with Crippen molar-refractivity contribution in [1.29, 1.82) is 0 Å². The molecule has 3 aromatic carbocycles. The molecule has 21 nitrogen and oxygen atoms in total. The lowest BCUT2D eigenvalue weighted by Gasteiger charge is -2.42. The number of esters is 1. The van der Waals surface area contributed by atoms with E-state index in [2.05, 4.69) is 39.2 Å². The second-order valence-electron chi connectivity index (χ2n) is 24.1. The molecule has 3 saturated heterocycles. The second kappa shape index (κ2) is 27.6. The highest BCUT2D eigenvalue weighted by Gasteiger charge is 2.64. The minimum Gasteiger partial charge on any atom is -0.508 e. The normalized spacial score (nSPS) is 25.5. The maximum Gasteiger partial charge on any atom is 0.409 e. The van der Waals surface area contributed by atoms with Crippen molar-refractivity contribution >= 4 is 62.8 Å². The van der Waals surface area contributed by atoms with Crippen LogP contribution in [0.1, 0.15) is 104 Å². The SMILES string of the molecule is COc1cc2cc(c1Cl)N(C)C(=O)C[C@H](OC(=O)[C@H](C)N(C)C(=O)CCSSC(C)(C)CCN1CCN(Cc3ccc(-n4c(O)nnc4-c4cc(C(C)C)c(O)cc4O)cc3)CC1)[C@]1(C)O[C@H]1[C@H](C)[C@@H]1C[C@@](O)(NC(=O)O1)[C@H](OC)/C=C/C=C(\C)C2. The van der Waals surface area contributed by atoms with E-state index in [1.54, 1.807) is 86.8 Å². The predicted molar refractivity (Wildman–Crippen MR) is 332 cm³/mol. The van der Waals surface area contributed by atoms with Crippen molar-refractivity contribution < 1.29 is 63.3 Å². The van der Waals surface area contributed by atoms with Crippen molar-refractivity contribution in [3.63, 3.8) is 0 Å². The molecule has 0 unspecified atom stereocenters. The molecule has 1 aromatic heterocycles. The van der Waals surface area contributed by atoms with Gasteiger partial charge in [0.15, 0.2) is 11.5 Å². The number of aliphatic hydroxyl groups is 1. The van der Waals surface area contributed by atoms with Crippen LogP contribution in [0.3, 0.4) is 0 Å². The largest absolute Gasteiger partial charge is 0.508 e. The molecule has 4 bridgehead atoms. The third-order valence-electron chi connectivity index (χ3n) is 17.0. The van der Waals surface area contributed by atoms with Gasteiger partial charge in [-0.15, -0.1) is 5.10 Å². The number of likely N-dealkylation sites (N-methyl/N-ethyl adjacent to an activating group) is 1. The van der Waals surface area contributed by atoms with Crippen LogP contribution in [0.4, 0.5) is 10.5 Å². The molecule has 3 amide bonds. The Morgan fingerprint density at radius 2 is 1.70 bits per heavy atom. The molecule has 3 fully saturated rings. The van der Waals surface area contributed by atoms with Gasteiger partial charge in [-0.1, -0.05) is 95.0 Å². The number of piperazine rings is 1. The lowest BCUT2D eigenvalue weighted by atomic mass is 9.83. The smallest absolute Gasteiger partial charge is 0.409 e. The van der Waals surface area contributed by atoms with E-state index in [1.165, 1.54) is 34.7 Å². The maximum atomic E-state index is 14.4. The number of halogens is 1. The number of epoxide rings is 1. The van der Waals surface area contributed by atoms with Gasteiger partial charge in [0.25, 0.3) is 0 Å². The van der Waals surface area contributed by atoms with Gasteiger partial charge in [-0.2, -0.15) is 0 Å². The molecule has 4 aromatic rings. The number of amides is 3. The van der Waals surface area contributed by atoms with Gasteiger partial charge in [0, 0.05) is 89.3 Å². The molecule has 24 heteroatoms. The number of benzene rings is 3. The first kappa shape index (κ1) is 65.9. The molecule has 86 heavy (non-hydrogen) atoms. The molecule has 8 rings (SSSR count). The fraction of sp³-hybridized carbons (Fsp3) is 0.548. The number of phenolic OH excluding ortho intramolecular Hbond substituents is 2. The van der Waals surface area contributed by atoms with Gasteiger partial charge in [0.05, 0.1) is 36.6 Å². The summed E-state index contributed by atoms with van der Waals surface area (Å²) < 4.78 is 31.1. The summed E-state index contributed by atoms with van der Waals surface area (Å²) in [6, 6.07) is 13.0. The topological polar surface area (TPSA) is 254 Å². The van der Waals surface area contributed by atoms with E-state index in [1.807, 2.05) is 51.1 Å². The number of nitrogens with zero attached hydrogens (tertiary/aromatic N) is 7. The average Bonchev–Trinajstić information content (AvgIpc) is 1.66. The molecule has 5 heterocycles. The third-order valence-corrected chi connectivity index (χ3v) is 20.7. The van der Waals surface area contributed by atoms with E-state index < -0.39 is 65.7 Å². The van der Waals surface area contributed by atoms with Crippen molar-refractivity contribution in [2.45, 2.75) is 146 Å². The van der Waals surface area contributed by atoms with Crippen LogP contribution in [0.2, 0.25) is 5.02 Å². The number of aromatic hydroxyl groups is 3. The molecule has 4 aliphatic heterocycles. The number of hydrogen-bond acceptors (Lipinski definition) is 19. The lowest BCUT2D eigenvalue weighted by Crippen LogP contribution is -2.63. The Morgan fingerprint density at radius 3 is 2.37 bits per heavy atom. The Morgan fingerprint density at radius 1 is 1.00 bits per heavy atom. The number of carbonyl (C=O) groups is 4. The minimum atomic E-state index is -1.86. The van der Waals surface area contributed by atoms with Gasteiger partial charge in [0.2, 0.25) is 11.8 Å². The number of carbonyl (C=O) groups excluding carboxylic acids is 4. The van der Waals surface area contributed by atoms with E-state index in [4.69, 9.17) is 35.3 Å². The molecular formula is C62H83ClN8O13S2. The van der Waals surface area contributed by atoms with Crippen LogP contribution in [0, 0.1) is 5.92 Å². The number of ether oxygens (including phenoxy) is 5. The third kappa shape index (κ3) is 15.3. The Bertz CT molecular complexity index is 3170. The fourth-order valence-electron chi connectivity index (χ4n) is 11.3. The first-order valence-corrected chi connectivity index (χ1v) is 31.8. The maximum absolute atomic E-state index is 14.4. The Kier molecular flexibility index (Phi) is 21.1. The second-order valence-corrected chi connectivity index (χ2v) is 27.6. The van der Waals surface area contributed by atoms with Crippen LogP contribution in [0.15, 0.2) is 72.3 Å². The molecule has 5 N–H and O–H groups in total. The van der Waals surface area contributed by atoms with Gasteiger partial charge in [0.1, 0.15) is 52.2 Å². The molecule has 8 atom stereocenters. The van der Waals surface area contributed by atoms with E-state index in [0.29, 0.717) is 40.4 Å². The number of hydrogen-bond donors (Lipinski definition) is 5. The zero-order chi connectivity index (χ0) is 62.6. The Labute approximate surface area is 516 Å². The van der Waals surface area contributed by atoms with Crippen LogP contribution >= 0.6 is 33.2 Å².